The summed E-state index contributed by atoms with van der Waals surface area (Å²) in [4.78, 5) is 60.8. The predicted octanol–water partition coefficient (Wildman–Crippen LogP) is 6.35. The largest absolute Gasteiger partial charge is 0.486 e. The number of anilines is 1. The summed E-state index contributed by atoms with van der Waals surface area (Å²) in [7, 11) is 0. The van der Waals surface area contributed by atoms with E-state index in [1.807, 2.05) is 61.0 Å². The number of nitrogens with zero attached hydrogens (tertiary/aromatic N) is 9. The van der Waals surface area contributed by atoms with Crippen LogP contribution in [0.15, 0.2) is 78.0 Å². The maximum atomic E-state index is 16.3. The highest BCUT2D eigenvalue weighted by Crippen LogP contribution is 2.54. The summed E-state index contributed by atoms with van der Waals surface area (Å²) in [6.07, 6.45) is 8.37. The minimum atomic E-state index is -1.05. The standard InChI is InChI=1S/C64H69FN14O8/c1-32(2)58(63(84)77-28-40(81)21-53(77)61(82)71-51(30-80)36-7-9-42-37(19-36)24-66-14-15-78-52(42)10-13-69-78)79-29-47-43-8-4-34(18-49(43)70-62(83)57(47)75-79)31-86-59-55(54-33(3)48(65)23-50-46(54)26-68-74-50)44(35-5-6-35)22-45-56(59)72-64(87-41-11-16-85-17-12-41)73-60(45)76-27-38-20-39(76)25-67-38/h4,7-10,13,18-19,22-23,26,29,32,35,38-41,51,53,58,66-67,80-81H,5-6,11-12,14-17,20-21,24-25,27-28,30-31H2,1-3H3,(H,68,74)(H,70,83)(H,71,82)/t38-,39-,40+,51-,53-,58-/m0/s1. The molecule has 22 nitrogen and oxygen atoms in total. The topological polar surface area (TPSA) is 268 Å². The minimum absolute atomic E-state index is 0.00355. The van der Waals surface area contributed by atoms with E-state index in [1.165, 1.54) is 15.6 Å². The number of rotatable bonds is 15. The molecule has 7 N–H and O–H groups in total. The Morgan fingerprint density at radius 3 is 2.60 bits per heavy atom. The molecule has 5 fully saturated rings. The molecule has 4 saturated heterocycles. The maximum Gasteiger partial charge on any atom is 0.319 e. The van der Waals surface area contributed by atoms with E-state index in [-0.39, 0.29) is 60.9 Å². The van der Waals surface area contributed by atoms with Crippen LogP contribution in [-0.2, 0) is 34.0 Å². The van der Waals surface area contributed by atoms with E-state index in [4.69, 9.17) is 29.3 Å². The Hall–Kier alpha value is -8.35. The molecule has 6 aliphatic rings. The number of aromatic amines is 2. The molecule has 15 rings (SSSR count). The minimum Gasteiger partial charge on any atom is -0.486 e. The van der Waals surface area contributed by atoms with Crippen LogP contribution in [0.25, 0.3) is 66.0 Å². The number of aromatic nitrogens is 9. The molecule has 6 atom stereocenters. The number of piperazine rings is 1. The quantitative estimate of drug-likeness (QED) is 0.0589. The van der Waals surface area contributed by atoms with Crippen molar-refractivity contribution >= 4 is 61.2 Å². The second kappa shape index (κ2) is 22.1. The molecule has 5 aromatic heterocycles. The number of pyridine rings is 1. The van der Waals surface area contributed by atoms with Gasteiger partial charge in [0.15, 0.2) is 11.3 Å². The number of likely N-dealkylation sites (tertiary alicyclic amines) is 1. The van der Waals surface area contributed by atoms with Crippen LogP contribution in [0.2, 0.25) is 0 Å². The smallest absolute Gasteiger partial charge is 0.319 e. The van der Waals surface area contributed by atoms with Crippen LogP contribution in [0.4, 0.5) is 10.2 Å². The van der Waals surface area contributed by atoms with Gasteiger partial charge in [-0.1, -0.05) is 44.2 Å². The number of amides is 2. The number of hydrogen-bond acceptors (Lipinski definition) is 16. The lowest BCUT2D eigenvalue weighted by Crippen LogP contribution is -2.50. The van der Waals surface area contributed by atoms with Crippen molar-refractivity contribution in [3.05, 3.63) is 117 Å². The average molecular weight is 1180 g/mol. The van der Waals surface area contributed by atoms with Gasteiger partial charge in [-0.05, 0) is 90.1 Å². The van der Waals surface area contributed by atoms with E-state index in [2.05, 4.69) is 47.2 Å². The van der Waals surface area contributed by atoms with Crippen molar-refractivity contribution in [3.8, 4) is 34.1 Å². The van der Waals surface area contributed by atoms with Crippen molar-refractivity contribution in [1.29, 1.82) is 0 Å². The van der Waals surface area contributed by atoms with Gasteiger partial charge in [-0.15, -0.1) is 0 Å². The van der Waals surface area contributed by atoms with Gasteiger partial charge in [0.2, 0.25) is 11.8 Å². The first-order valence-corrected chi connectivity index (χ1v) is 30.5. The van der Waals surface area contributed by atoms with Crippen molar-refractivity contribution in [2.24, 2.45) is 5.92 Å². The molecule has 1 aliphatic carbocycles. The Balaban J connectivity index is 0.755. The molecule has 0 spiro atoms. The Morgan fingerprint density at radius 2 is 1.80 bits per heavy atom. The van der Waals surface area contributed by atoms with E-state index in [0.717, 1.165) is 95.5 Å². The van der Waals surface area contributed by atoms with Gasteiger partial charge >= 0.3 is 6.01 Å². The highest BCUT2D eigenvalue weighted by atomic mass is 19.1. The zero-order valence-corrected chi connectivity index (χ0v) is 48.7. The fourth-order valence-electron chi connectivity index (χ4n) is 14.2. The summed E-state index contributed by atoms with van der Waals surface area (Å²) in [6, 6.07) is 15.2. The third kappa shape index (κ3) is 9.92. The van der Waals surface area contributed by atoms with E-state index < -0.39 is 48.2 Å². The molecular formula is C64H69FN14O8. The molecule has 2 bridgehead atoms. The van der Waals surface area contributed by atoms with Crippen LogP contribution < -0.4 is 35.9 Å². The number of aliphatic hydroxyl groups is 2. The van der Waals surface area contributed by atoms with Crippen LogP contribution >= 0.6 is 0 Å². The van der Waals surface area contributed by atoms with Crippen LogP contribution in [0, 0.1) is 18.7 Å². The maximum absolute atomic E-state index is 16.3. The molecule has 9 aromatic rings. The van der Waals surface area contributed by atoms with Gasteiger partial charge in [-0.25, -0.2) is 4.39 Å². The number of aliphatic hydroxyl groups excluding tert-OH is 2. The van der Waals surface area contributed by atoms with Crippen LogP contribution in [-0.4, -0.2) is 148 Å². The van der Waals surface area contributed by atoms with E-state index in [9.17, 15) is 24.6 Å². The molecule has 23 heteroatoms. The first-order chi connectivity index (χ1) is 42.3. The summed E-state index contributed by atoms with van der Waals surface area (Å²) in [5, 5.41) is 51.2. The lowest BCUT2D eigenvalue weighted by atomic mass is 9.88. The Labute approximate surface area is 498 Å². The second-order valence-electron chi connectivity index (χ2n) is 24.8. The Morgan fingerprint density at radius 1 is 0.943 bits per heavy atom. The van der Waals surface area contributed by atoms with E-state index in [0.29, 0.717) is 88.4 Å². The summed E-state index contributed by atoms with van der Waals surface area (Å²) in [6.45, 7) is 9.87. The normalized spacial score (nSPS) is 21.2. The molecule has 1 saturated carbocycles. The lowest BCUT2D eigenvalue weighted by molar-refractivity contribution is -0.142. The third-order valence-electron chi connectivity index (χ3n) is 18.7. The number of hydrogen-bond donors (Lipinski definition) is 7. The Kier molecular flexibility index (Phi) is 14.0. The van der Waals surface area contributed by atoms with Gasteiger partial charge in [-0.2, -0.15) is 25.3 Å². The lowest BCUT2D eigenvalue weighted by Gasteiger charge is -2.31. The summed E-state index contributed by atoms with van der Waals surface area (Å²) < 4.78 is 39.3. The van der Waals surface area contributed by atoms with Gasteiger partial charge in [-0.3, -0.25) is 28.8 Å². The molecule has 0 unspecified atom stereocenters. The molecule has 87 heavy (non-hydrogen) atoms. The third-order valence-corrected chi connectivity index (χ3v) is 18.7. The average Bonchev–Trinajstić information content (AvgIpc) is 1.76. The fraction of sp³-hybridized carbons (Fsp3) is 0.438. The molecular weight excluding hydrogens is 1110 g/mol. The van der Waals surface area contributed by atoms with Crippen molar-refractivity contribution < 1.29 is 38.4 Å². The van der Waals surface area contributed by atoms with E-state index in [1.54, 1.807) is 25.5 Å². The summed E-state index contributed by atoms with van der Waals surface area (Å²) >= 11 is 0. The first-order valence-electron chi connectivity index (χ1n) is 30.5. The number of fused-ring (bicyclic) bond motifs is 10. The number of nitrogens with one attached hydrogen (secondary N) is 5. The number of halogens is 1. The summed E-state index contributed by atoms with van der Waals surface area (Å²) in [5.74, 6) is -0.269. The van der Waals surface area contributed by atoms with Gasteiger partial charge in [0.25, 0.3) is 5.56 Å². The van der Waals surface area contributed by atoms with Crippen LogP contribution in [0.3, 0.4) is 0 Å². The van der Waals surface area contributed by atoms with Gasteiger partial charge in [0.1, 0.15) is 41.9 Å². The fourth-order valence-corrected chi connectivity index (χ4v) is 14.2. The number of H-pyrrole nitrogens is 2. The molecule has 4 aromatic carbocycles. The first kappa shape index (κ1) is 55.2. The molecule has 2 amide bonds. The Bertz CT molecular complexity index is 4260. The number of carbonyl (C=O) groups excluding carboxylic acids is 2. The van der Waals surface area contributed by atoms with Crippen molar-refractivity contribution in [2.45, 2.75) is 127 Å². The van der Waals surface area contributed by atoms with Crippen molar-refractivity contribution in [3.63, 3.8) is 0 Å². The van der Waals surface area contributed by atoms with Gasteiger partial charge < -0.3 is 55.2 Å². The van der Waals surface area contributed by atoms with Crippen LogP contribution in [0.5, 0.6) is 11.8 Å². The zero-order chi connectivity index (χ0) is 59.4. The number of ether oxygens (including phenoxy) is 3. The van der Waals surface area contributed by atoms with Gasteiger partial charge in [0, 0.05) is 120 Å². The predicted molar refractivity (Wildman–Crippen MR) is 323 cm³/mol. The molecule has 10 heterocycles. The molecule has 0 radical (unpaired) electrons. The number of benzene rings is 4. The molecule has 5 aliphatic heterocycles. The van der Waals surface area contributed by atoms with Crippen LogP contribution in [0.1, 0.15) is 98.2 Å². The highest BCUT2D eigenvalue weighted by Gasteiger charge is 2.44. The van der Waals surface area contributed by atoms with E-state index >= 15 is 4.39 Å². The summed E-state index contributed by atoms with van der Waals surface area (Å²) in [5.41, 5.74) is 8.56. The number of carbonyl (C=O) groups is 2. The zero-order valence-electron chi connectivity index (χ0n) is 48.7. The van der Waals surface area contributed by atoms with Crippen molar-refractivity contribution in [1.82, 2.24) is 65.6 Å². The monoisotopic (exact) mass is 1180 g/mol. The SMILES string of the molecule is Cc1c(F)cc2[nH]ncc2c1-c1c(C2CC2)cc2c(N3C[C@@H]4C[C@H]3CN4)nc(OC3CCOCC3)nc2c1OCc1ccc2c(c1)[nH]c(=O)c1nn([C@H](C(=O)N3C[C@H](O)C[C@H]3C(=O)N[C@@H](CO)c3ccc4c(c3)CNCCn3nccc3-4)C(C)C)cc12. The highest BCUT2D eigenvalue weighted by molar-refractivity contribution is 6.07. The number of β-amino-alcohol motifs (C(OH)–C–C–N with tert-alkyl or cyclic N) is 1. The molecule has 450 valence electrons. The second-order valence-corrected chi connectivity index (χ2v) is 24.8. The van der Waals surface area contributed by atoms with Crippen molar-refractivity contribution in [2.75, 3.05) is 50.9 Å². The van der Waals surface area contributed by atoms with Gasteiger partial charge in [0.05, 0.1) is 55.9 Å².